The molecule has 0 spiro atoms. The molecule has 12 heteroatoms. The maximum Gasteiger partial charge on any atom is 0.320 e. The van der Waals surface area contributed by atoms with E-state index in [1.54, 1.807) is 29.1 Å². The van der Waals surface area contributed by atoms with Crippen molar-refractivity contribution >= 4 is 11.8 Å². The number of hydrogen-bond donors (Lipinski definition) is 2. The minimum atomic E-state index is -0.625. The third-order valence-corrected chi connectivity index (χ3v) is 6.36. The topological polar surface area (TPSA) is 116 Å². The molecule has 3 aromatic heterocycles. The molecule has 4 aromatic rings. The first-order chi connectivity index (χ1) is 19.5. The molecule has 2 amide bonds. The van der Waals surface area contributed by atoms with E-state index in [4.69, 9.17) is 14.3 Å². The Labute approximate surface area is 230 Å². The van der Waals surface area contributed by atoms with Crippen molar-refractivity contribution in [3.05, 3.63) is 95.8 Å². The number of carbonyl (C=O) groups is 1. The van der Waals surface area contributed by atoms with Crippen molar-refractivity contribution in [3.8, 4) is 11.6 Å². The van der Waals surface area contributed by atoms with E-state index in [1.165, 1.54) is 12.3 Å². The number of methoxy groups -OCH3 is 1. The van der Waals surface area contributed by atoms with Gasteiger partial charge in [0.25, 0.3) is 0 Å². The molecule has 0 saturated carbocycles. The van der Waals surface area contributed by atoms with Crippen molar-refractivity contribution in [2.24, 2.45) is 0 Å². The Balaban J connectivity index is 1.36. The number of hydrogen-bond acceptors (Lipinski definition) is 8. The van der Waals surface area contributed by atoms with Gasteiger partial charge in [0, 0.05) is 32.6 Å². The highest BCUT2D eigenvalue weighted by Crippen LogP contribution is 2.31. The Morgan fingerprint density at radius 2 is 1.95 bits per heavy atom. The lowest BCUT2D eigenvalue weighted by Gasteiger charge is -2.19. The maximum atomic E-state index is 13.9. The summed E-state index contributed by atoms with van der Waals surface area (Å²) in [7, 11) is 1.60. The van der Waals surface area contributed by atoms with Crippen molar-refractivity contribution in [2.75, 3.05) is 32.1 Å². The van der Waals surface area contributed by atoms with E-state index in [1.807, 2.05) is 55.5 Å². The van der Waals surface area contributed by atoms with Crippen LogP contribution >= 0.6 is 0 Å². The average Bonchev–Trinajstić information content (AvgIpc) is 3.52. The highest BCUT2D eigenvalue weighted by atomic mass is 19.1. The number of aromatic nitrogens is 4. The Bertz CT molecular complexity index is 1420. The number of carbonyl (C=O) groups excluding carboxylic acids is 1. The lowest BCUT2D eigenvalue weighted by atomic mass is 10.0. The molecule has 2 N–H and O–H groups in total. The molecule has 208 valence electrons. The summed E-state index contributed by atoms with van der Waals surface area (Å²) < 4.78 is 26.6. The fraction of sp³-hybridized carbons (Fsp3) is 0.286. The van der Waals surface area contributed by atoms with E-state index in [-0.39, 0.29) is 6.61 Å². The molecule has 1 aliphatic rings. The van der Waals surface area contributed by atoms with E-state index < -0.39 is 24.1 Å². The largest absolute Gasteiger partial charge is 0.470 e. The number of nitrogens with one attached hydrogen (secondary N) is 2. The lowest BCUT2D eigenvalue weighted by molar-refractivity contribution is -0.154. The molecule has 5 rings (SSSR count). The Morgan fingerprint density at radius 1 is 1.12 bits per heavy atom. The van der Waals surface area contributed by atoms with Gasteiger partial charge in [-0.25, -0.2) is 14.5 Å². The molecule has 4 heterocycles. The molecule has 1 fully saturated rings. The third kappa shape index (κ3) is 6.42. The van der Waals surface area contributed by atoms with Crippen molar-refractivity contribution < 1.29 is 23.5 Å². The number of pyridine rings is 2. The van der Waals surface area contributed by atoms with E-state index in [2.05, 4.69) is 25.7 Å². The standard InChI is InChI=1S/C28H30FN7O4/c1-19-26(36(22-9-4-3-5-10-22)34-27(19)39-18-21-8-6-7-12-30-21)33-28(37)32-23-17-35(14-15-38-2)40-25(23)20-11-13-31-24(29)16-20/h3-13,16,23,25H,14-15,17-18H2,1-2H3,(H2,32,33,37)/t23-,25+/m1/s1. The van der Waals surface area contributed by atoms with Crippen LogP contribution in [-0.2, 0) is 16.2 Å². The number of benzene rings is 1. The van der Waals surface area contributed by atoms with Crippen LogP contribution in [0.2, 0.25) is 0 Å². The van der Waals surface area contributed by atoms with E-state index in [0.717, 1.165) is 11.4 Å². The van der Waals surface area contributed by atoms with E-state index in [9.17, 15) is 9.18 Å². The van der Waals surface area contributed by atoms with Crippen LogP contribution in [0, 0.1) is 12.9 Å². The number of ether oxygens (including phenoxy) is 2. The monoisotopic (exact) mass is 547 g/mol. The van der Waals surface area contributed by atoms with Crippen LogP contribution in [0.1, 0.15) is 22.9 Å². The molecular formula is C28H30FN7O4. The molecular weight excluding hydrogens is 517 g/mol. The number of urea groups is 1. The Morgan fingerprint density at radius 3 is 2.70 bits per heavy atom. The first-order valence-corrected chi connectivity index (χ1v) is 12.8. The van der Waals surface area contributed by atoms with Crippen LogP contribution in [0.5, 0.6) is 5.88 Å². The van der Waals surface area contributed by atoms with Gasteiger partial charge < -0.3 is 14.8 Å². The Kier molecular flexibility index (Phi) is 8.59. The number of rotatable bonds is 10. The normalized spacial score (nSPS) is 17.1. The minimum Gasteiger partial charge on any atom is -0.470 e. The highest BCUT2D eigenvalue weighted by molar-refractivity contribution is 5.90. The van der Waals surface area contributed by atoms with Gasteiger partial charge in [0.05, 0.1) is 29.6 Å². The summed E-state index contributed by atoms with van der Waals surface area (Å²) in [5.74, 6) is 0.187. The predicted molar refractivity (Wildman–Crippen MR) is 144 cm³/mol. The van der Waals surface area contributed by atoms with Crippen LogP contribution in [0.3, 0.4) is 0 Å². The summed E-state index contributed by atoms with van der Waals surface area (Å²) in [6.07, 6.45) is 2.46. The first kappa shape index (κ1) is 27.2. The van der Waals surface area contributed by atoms with Gasteiger partial charge in [0.1, 0.15) is 18.5 Å². The van der Waals surface area contributed by atoms with Crippen molar-refractivity contribution in [2.45, 2.75) is 25.7 Å². The second-order valence-electron chi connectivity index (χ2n) is 9.16. The van der Waals surface area contributed by atoms with E-state index in [0.29, 0.717) is 42.5 Å². The minimum absolute atomic E-state index is 0.222. The molecule has 1 aromatic carbocycles. The first-order valence-electron chi connectivity index (χ1n) is 12.8. The van der Waals surface area contributed by atoms with Crippen LogP contribution in [0.4, 0.5) is 15.0 Å². The number of para-hydroxylation sites is 1. The van der Waals surface area contributed by atoms with Crippen molar-refractivity contribution in [1.82, 2.24) is 30.1 Å². The fourth-order valence-electron chi connectivity index (χ4n) is 4.39. The van der Waals surface area contributed by atoms with Crippen molar-refractivity contribution in [3.63, 3.8) is 0 Å². The molecule has 0 radical (unpaired) electrons. The smallest absolute Gasteiger partial charge is 0.320 e. The zero-order chi connectivity index (χ0) is 27.9. The van der Waals surface area contributed by atoms with Crippen LogP contribution in [-0.4, -0.2) is 63.7 Å². The predicted octanol–water partition coefficient (Wildman–Crippen LogP) is 3.81. The van der Waals surface area contributed by atoms with Crippen molar-refractivity contribution in [1.29, 1.82) is 0 Å². The van der Waals surface area contributed by atoms with Gasteiger partial charge in [-0.05, 0) is 48.9 Å². The molecule has 1 aliphatic heterocycles. The summed E-state index contributed by atoms with van der Waals surface area (Å²) in [4.78, 5) is 27.3. The molecule has 0 unspecified atom stereocenters. The Hall–Kier alpha value is -4.39. The lowest BCUT2D eigenvalue weighted by Crippen LogP contribution is -2.42. The number of nitrogens with zero attached hydrogens (tertiary/aromatic N) is 5. The molecule has 0 aliphatic carbocycles. The second kappa shape index (κ2) is 12.6. The molecule has 11 nitrogen and oxygen atoms in total. The van der Waals surface area contributed by atoms with Gasteiger partial charge in [-0.1, -0.05) is 24.3 Å². The molecule has 40 heavy (non-hydrogen) atoms. The third-order valence-electron chi connectivity index (χ3n) is 6.36. The quantitative estimate of drug-likeness (QED) is 0.288. The molecule has 0 bridgehead atoms. The number of amides is 2. The summed E-state index contributed by atoms with van der Waals surface area (Å²) in [6, 6.07) is 17.0. The van der Waals surface area contributed by atoms with Crippen LogP contribution in [0.15, 0.2) is 73.1 Å². The van der Waals surface area contributed by atoms with Gasteiger partial charge in [0.2, 0.25) is 11.8 Å². The second-order valence-corrected chi connectivity index (χ2v) is 9.16. The zero-order valence-electron chi connectivity index (χ0n) is 22.2. The maximum absolute atomic E-state index is 13.9. The average molecular weight is 548 g/mol. The highest BCUT2D eigenvalue weighted by Gasteiger charge is 2.37. The van der Waals surface area contributed by atoms with Crippen LogP contribution in [0.25, 0.3) is 5.69 Å². The zero-order valence-corrected chi connectivity index (χ0v) is 22.2. The summed E-state index contributed by atoms with van der Waals surface area (Å²) in [6.45, 7) is 3.34. The van der Waals surface area contributed by atoms with E-state index >= 15 is 0 Å². The summed E-state index contributed by atoms with van der Waals surface area (Å²) in [5, 5.41) is 12.2. The molecule has 2 atom stereocenters. The number of hydroxylamine groups is 2. The number of halogens is 1. The molecule has 1 saturated heterocycles. The summed E-state index contributed by atoms with van der Waals surface area (Å²) in [5.41, 5.74) is 2.70. The summed E-state index contributed by atoms with van der Waals surface area (Å²) >= 11 is 0. The van der Waals surface area contributed by atoms with Gasteiger partial charge in [0.15, 0.2) is 0 Å². The van der Waals surface area contributed by atoms with Gasteiger partial charge in [-0.3, -0.25) is 15.1 Å². The van der Waals surface area contributed by atoms with Gasteiger partial charge in [-0.15, -0.1) is 5.10 Å². The van der Waals surface area contributed by atoms with Gasteiger partial charge in [-0.2, -0.15) is 9.45 Å². The SMILES string of the molecule is COCCN1C[C@@H](NC(=O)Nc2c(C)c(OCc3ccccn3)nn2-c2ccccc2)[C@H](c2ccnc(F)c2)O1. The number of anilines is 1. The van der Waals surface area contributed by atoms with Gasteiger partial charge >= 0.3 is 6.03 Å². The van der Waals surface area contributed by atoms with Crippen LogP contribution < -0.4 is 15.4 Å². The fourth-order valence-corrected chi connectivity index (χ4v) is 4.39.